The van der Waals surface area contributed by atoms with Gasteiger partial charge in [0.05, 0.1) is 0 Å². The number of aryl methyl sites for hydroxylation is 1. The van der Waals surface area contributed by atoms with Crippen LogP contribution >= 0.6 is 0 Å². The Morgan fingerprint density at radius 2 is 1.68 bits per heavy atom. The van der Waals surface area contributed by atoms with Crippen molar-refractivity contribution in [1.82, 2.24) is 10.2 Å². The maximum absolute atomic E-state index is 13.3. The van der Waals surface area contributed by atoms with E-state index in [1.807, 2.05) is 49.1 Å². The van der Waals surface area contributed by atoms with Gasteiger partial charge in [-0.3, -0.25) is 4.79 Å². The summed E-state index contributed by atoms with van der Waals surface area (Å²) in [4.78, 5) is 27.8. The average molecular weight is 422 g/mol. The SMILES string of the molecule is CC[C@@H](C)[C@H](NC(=O)Nc1ccc(C)cc1)C(=O)N1CCC(Cc2ccccc2)CC1. The molecule has 5 heteroatoms. The molecule has 0 radical (unpaired) electrons. The highest BCUT2D eigenvalue weighted by Crippen LogP contribution is 2.23. The first kappa shape index (κ1) is 22.9. The third-order valence-electron chi connectivity index (χ3n) is 6.37. The minimum atomic E-state index is -0.513. The van der Waals surface area contributed by atoms with Crippen LogP contribution in [0.3, 0.4) is 0 Å². The summed E-state index contributed by atoms with van der Waals surface area (Å²) in [5.41, 5.74) is 3.22. The quantitative estimate of drug-likeness (QED) is 0.660. The Kier molecular flexibility index (Phi) is 8.10. The molecule has 1 heterocycles. The van der Waals surface area contributed by atoms with Gasteiger partial charge in [-0.2, -0.15) is 0 Å². The number of benzene rings is 2. The molecule has 2 atom stereocenters. The van der Waals surface area contributed by atoms with E-state index >= 15 is 0 Å². The third-order valence-corrected chi connectivity index (χ3v) is 6.37. The van der Waals surface area contributed by atoms with E-state index in [2.05, 4.69) is 41.8 Å². The fraction of sp³-hybridized carbons (Fsp3) is 0.462. The molecule has 3 amide bonds. The first-order valence-electron chi connectivity index (χ1n) is 11.4. The van der Waals surface area contributed by atoms with Crippen LogP contribution in [-0.2, 0) is 11.2 Å². The molecule has 0 bridgehead atoms. The van der Waals surface area contributed by atoms with Gasteiger partial charge in [-0.15, -0.1) is 0 Å². The minimum Gasteiger partial charge on any atom is -0.341 e. The monoisotopic (exact) mass is 421 g/mol. The second-order valence-corrected chi connectivity index (χ2v) is 8.79. The van der Waals surface area contributed by atoms with Crippen molar-refractivity contribution in [3.8, 4) is 0 Å². The van der Waals surface area contributed by atoms with E-state index in [1.54, 1.807) is 0 Å². The molecule has 31 heavy (non-hydrogen) atoms. The van der Waals surface area contributed by atoms with Crippen molar-refractivity contribution in [2.45, 2.75) is 52.5 Å². The van der Waals surface area contributed by atoms with Gasteiger partial charge in [-0.1, -0.05) is 68.3 Å². The Labute approximate surface area is 186 Å². The number of urea groups is 1. The summed E-state index contributed by atoms with van der Waals surface area (Å²) in [5, 5.41) is 5.79. The molecule has 166 valence electrons. The van der Waals surface area contributed by atoms with Crippen LogP contribution in [-0.4, -0.2) is 36.0 Å². The van der Waals surface area contributed by atoms with Crippen molar-refractivity contribution in [3.05, 3.63) is 65.7 Å². The Hall–Kier alpha value is -2.82. The number of rotatable bonds is 7. The molecular formula is C26H35N3O2. The van der Waals surface area contributed by atoms with Crippen molar-refractivity contribution < 1.29 is 9.59 Å². The van der Waals surface area contributed by atoms with Gasteiger partial charge in [0, 0.05) is 18.8 Å². The van der Waals surface area contributed by atoms with E-state index in [1.165, 1.54) is 5.56 Å². The second kappa shape index (κ2) is 11.0. The Bertz CT molecular complexity index is 843. The number of likely N-dealkylation sites (tertiary alicyclic amines) is 1. The smallest absolute Gasteiger partial charge is 0.319 e. The molecule has 2 aromatic rings. The fourth-order valence-electron chi connectivity index (χ4n) is 4.13. The summed E-state index contributed by atoms with van der Waals surface area (Å²) in [6, 6.07) is 17.3. The minimum absolute atomic E-state index is 0.0339. The van der Waals surface area contributed by atoms with Crippen molar-refractivity contribution in [2.24, 2.45) is 11.8 Å². The van der Waals surface area contributed by atoms with E-state index in [0.29, 0.717) is 5.92 Å². The molecule has 2 N–H and O–H groups in total. The van der Waals surface area contributed by atoms with Crippen molar-refractivity contribution in [2.75, 3.05) is 18.4 Å². The largest absolute Gasteiger partial charge is 0.341 e. The molecule has 0 saturated carbocycles. The maximum Gasteiger partial charge on any atom is 0.319 e. The highest BCUT2D eigenvalue weighted by atomic mass is 16.2. The molecule has 1 saturated heterocycles. The van der Waals surface area contributed by atoms with E-state index in [4.69, 9.17) is 0 Å². The summed E-state index contributed by atoms with van der Waals surface area (Å²) in [5.74, 6) is 0.705. The molecule has 0 aliphatic carbocycles. The van der Waals surface area contributed by atoms with Gasteiger partial charge in [0.25, 0.3) is 0 Å². The number of carbonyl (C=O) groups is 2. The highest BCUT2D eigenvalue weighted by Gasteiger charge is 2.32. The summed E-state index contributed by atoms with van der Waals surface area (Å²) < 4.78 is 0. The summed E-state index contributed by atoms with van der Waals surface area (Å²) in [6.45, 7) is 7.59. The van der Waals surface area contributed by atoms with Crippen molar-refractivity contribution >= 4 is 17.6 Å². The summed E-state index contributed by atoms with van der Waals surface area (Å²) >= 11 is 0. The van der Waals surface area contributed by atoms with Crippen LogP contribution in [0.4, 0.5) is 10.5 Å². The van der Waals surface area contributed by atoms with Gasteiger partial charge >= 0.3 is 6.03 Å². The number of hydrogen-bond donors (Lipinski definition) is 2. The zero-order valence-electron chi connectivity index (χ0n) is 18.9. The fourth-order valence-corrected chi connectivity index (χ4v) is 4.13. The molecule has 2 aromatic carbocycles. The summed E-state index contributed by atoms with van der Waals surface area (Å²) in [6.07, 6.45) is 3.90. The van der Waals surface area contributed by atoms with Gasteiger partial charge in [0.1, 0.15) is 6.04 Å². The van der Waals surface area contributed by atoms with E-state index in [9.17, 15) is 9.59 Å². The standard InChI is InChI=1S/C26H35N3O2/c1-4-20(3)24(28-26(31)27-23-12-10-19(2)11-13-23)25(30)29-16-14-22(15-17-29)18-21-8-6-5-7-9-21/h5-13,20,22,24H,4,14-18H2,1-3H3,(H2,27,28,31)/t20-,24+/m1/s1. The lowest BCUT2D eigenvalue weighted by Crippen LogP contribution is -2.54. The number of carbonyl (C=O) groups excluding carboxylic acids is 2. The molecule has 1 aliphatic heterocycles. The third kappa shape index (κ3) is 6.58. The number of hydrogen-bond acceptors (Lipinski definition) is 2. The lowest BCUT2D eigenvalue weighted by atomic mass is 9.89. The number of anilines is 1. The van der Waals surface area contributed by atoms with Crippen LogP contribution in [0.1, 0.15) is 44.2 Å². The topological polar surface area (TPSA) is 61.4 Å². The molecule has 3 rings (SSSR count). The van der Waals surface area contributed by atoms with Gasteiger partial charge in [0.2, 0.25) is 5.91 Å². The van der Waals surface area contributed by atoms with Crippen LogP contribution in [0.2, 0.25) is 0 Å². The van der Waals surface area contributed by atoms with Crippen molar-refractivity contribution in [3.63, 3.8) is 0 Å². The lowest BCUT2D eigenvalue weighted by molar-refractivity contribution is -0.135. The maximum atomic E-state index is 13.3. The Morgan fingerprint density at radius 1 is 1.03 bits per heavy atom. The molecule has 0 spiro atoms. The average Bonchev–Trinajstić information content (AvgIpc) is 2.79. The molecule has 1 fully saturated rings. The number of piperidine rings is 1. The number of nitrogens with zero attached hydrogens (tertiary/aromatic N) is 1. The van der Waals surface area contributed by atoms with Gasteiger partial charge in [0.15, 0.2) is 0 Å². The summed E-state index contributed by atoms with van der Waals surface area (Å²) in [7, 11) is 0. The predicted octanol–water partition coefficient (Wildman–Crippen LogP) is 5.01. The normalized spacial score (nSPS) is 16.4. The molecule has 5 nitrogen and oxygen atoms in total. The number of nitrogens with one attached hydrogen (secondary N) is 2. The Morgan fingerprint density at radius 3 is 2.29 bits per heavy atom. The van der Waals surface area contributed by atoms with Gasteiger partial charge < -0.3 is 15.5 Å². The van der Waals surface area contributed by atoms with Gasteiger partial charge in [-0.05, 0) is 55.7 Å². The zero-order valence-corrected chi connectivity index (χ0v) is 18.9. The highest BCUT2D eigenvalue weighted by molar-refractivity contribution is 5.93. The van der Waals surface area contributed by atoms with Crippen molar-refractivity contribution in [1.29, 1.82) is 0 Å². The molecule has 0 aromatic heterocycles. The lowest BCUT2D eigenvalue weighted by Gasteiger charge is -2.36. The van der Waals surface area contributed by atoms with E-state index in [-0.39, 0.29) is 17.9 Å². The van der Waals surface area contributed by atoms with Crippen LogP contribution < -0.4 is 10.6 Å². The first-order chi connectivity index (χ1) is 15.0. The zero-order chi connectivity index (χ0) is 22.2. The molecule has 0 unspecified atom stereocenters. The molecular weight excluding hydrogens is 386 g/mol. The first-order valence-corrected chi connectivity index (χ1v) is 11.4. The van der Waals surface area contributed by atoms with Crippen LogP contribution in [0, 0.1) is 18.8 Å². The van der Waals surface area contributed by atoms with E-state index < -0.39 is 6.04 Å². The second-order valence-electron chi connectivity index (χ2n) is 8.79. The van der Waals surface area contributed by atoms with E-state index in [0.717, 1.165) is 50.0 Å². The molecule has 1 aliphatic rings. The van der Waals surface area contributed by atoms with Gasteiger partial charge in [-0.25, -0.2) is 4.79 Å². The Balaban J connectivity index is 1.55. The predicted molar refractivity (Wildman–Crippen MR) is 126 cm³/mol. The van der Waals surface area contributed by atoms with Crippen LogP contribution in [0.25, 0.3) is 0 Å². The number of amides is 3. The van der Waals surface area contributed by atoms with Crippen LogP contribution in [0.15, 0.2) is 54.6 Å². The van der Waals surface area contributed by atoms with Crippen LogP contribution in [0.5, 0.6) is 0 Å².